The van der Waals surface area contributed by atoms with E-state index < -0.39 is 97.6 Å². The lowest BCUT2D eigenvalue weighted by molar-refractivity contribution is -0.318. The molecule has 14 atom stereocenters. The molecule has 296 valence electrons. The molecular weight excluding hydrogens is 732 g/mol. The lowest BCUT2D eigenvalue weighted by Gasteiger charge is -2.48. The lowest BCUT2D eigenvalue weighted by atomic mass is 9.83. The molecule has 1 saturated heterocycles. The maximum Gasteiger partial charge on any atom is 0.407 e. The summed E-state index contributed by atoms with van der Waals surface area (Å²) in [5.74, 6) is -0.985. The van der Waals surface area contributed by atoms with Crippen LogP contribution < -0.4 is 10.6 Å². The van der Waals surface area contributed by atoms with Crippen LogP contribution in [-0.2, 0) is 35.1 Å². The molecule has 0 spiro atoms. The molecule has 2 amide bonds. The Balaban J connectivity index is 1.53. The first-order chi connectivity index (χ1) is 26.5. The molecule has 3 aliphatic rings. The van der Waals surface area contributed by atoms with Gasteiger partial charge in [-0.25, -0.2) is 4.79 Å². The molecule has 2 fully saturated rings. The highest BCUT2D eigenvalue weighted by molar-refractivity contribution is 5.81. The lowest BCUT2D eigenvalue weighted by Crippen LogP contribution is -2.66. The second-order valence-corrected chi connectivity index (χ2v) is 12.5. The summed E-state index contributed by atoms with van der Waals surface area (Å²) in [5, 5.41) is 63.2. The number of azide groups is 4. The molecule has 4 rings (SSSR count). The highest BCUT2D eigenvalue weighted by Gasteiger charge is 2.52. The Labute approximate surface area is 311 Å². The van der Waals surface area contributed by atoms with Crippen LogP contribution in [-0.4, -0.2) is 131 Å². The van der Waals surface area contributed by atoms with Gasteiger partial charge in [-0.15, -0.1) is 0 Å². The average Bonchev–Trinajstić information content (AvgIpc) is 3.18. The van der Waals surface area contributed by atoms with Crippen molar-refractivity contribution in [1.82, 2.24) is 10.6 Å². The predicted molar refractivity (Wildman–Crippen MR) is 185 cm³/mol. The normalized spacial score (nSPS) is 33.2. The monoisotopic (exact) mass is 772 g/mol. The van der Waals surface area contributed by atoms with Crippen molar-refractivity contribution in [2.45, 2.75) is 112 Å². The summed E-state index contributed by atoms with van der Waals surface area (Å²) in [6.07, 6.45) is -13.8. The highest BCUT2D eigenvalue weighted by Crippen LogP contribution is 2.34. The maximum atomic E-state index is 13.1. The summed E-state index contributed by atoms with van der Waals surface area (Å²) in [4.78, 5) is 36.2. The number of rotatable bonds is 16. The SMILES string of the molecule is CC1O[C@@H](O[C@H]2C(O[C@@H]3OC(CN=[N+]=[N-])C=CC3N=[N+]=[N-])C(N=[N+]=[N-])C[C@@H](NC(=O)[C@@H](O)CCNC(=O)OCc3ccccc3)C2O)C(O)[C@@H](O)[C@H]1N=[N+]=[N-]. The van der Waals surface area contributed by atoms with Gasteiger partial charge >= 0.3 is 6.09 Å². The summed E-state index contributed by atoms with van der Waals surface area (Å²) in [7, 11) is 0. The number of amides is 2. The van der Waals surface area contributed by atoms with E-state index in [4.69, 9.17) is 34.7 Å². The van der Waals surface area contributed by atoms with Crippen LogP contribution in [0.5, 0.6) is 0 Å². The Morgan fingerprint density at radius 2 is 1.62 bits per heavy atom. The Morgan fingerprint density at radius 1 is 0.909 bits per heavy atom. The molecule has 0 aromatic heterocycles. The maximum absolute atomic E-state index is 13.1. The first kappa shape index (κ1) is 42.4. The zero-order valence-corrected chi connectivity index (χ0v) is 29.2. The first-order valence-corrected chi connectivity index (χ1v) is 16.9. The fraction of sp³-hybridized carbons (Fsp3) is 0.667. The third-order valence-electron chi connectivity index (χ3n) is 8.87. The van der Waals surface area contributed by atoms with Crippen molar-refractivity contribution in [1.29, 1.82) is 0 Å². The van der Waals surface area contributed by atoms with Crippen LogP contribution in [0.3, 0.4) is 0 Å². The summed E-state index contributed by atoms with van der Waals surface area (Å²) < 4.78 is 28.8. The number of aliphatic hydroxyl groups excluding tert-OH is 4. The van der Waals surface area contributed by atoms with Crippen molar-refractivity contribution in [2.75, 3.05) is 13.1 Å². The number of ether oxygens (including phenoxy) is 5. The second kappa shape index (κ2) is 20.9. The van der Waals surface area contributed by atoms with Gasteiger partial charge in [-0.3, -0.25) is 4.79 Å². The van der Waals surface area contributed by atoms with Crippen LogP contribution in [0.2, 0.25) is 0 Å². The molecule has 2 heterocycles. The van der Waals surface area contributed by atoms with Gasteiger partial charge in [0.05, 0.1) is 49.1 Å². The molecule has 1 aliphatic carbocycles. The predicted octanol–water partition coefficient (Wildman–Crippen LogP) is 1.78. The summed E-state index contributed by atoms with van der Waals surface area (Å²) >= 11 is 0. The van der Waals surface area contributed by atoms with Gasteiger partial charge in [0, 0.05) is 26.2 Å². The number of aliphatic hydroxyl groups is 4. The molecule has 55 heavy (non-hydrogen) atoms. The molecule has 25 heteroatoms. The van der Waals surface area contributed by atoms with Crippen LogP contribution in [0.1, 0.15) is 25.3 Å². The zero-order valence-electron chi connectivity index (χ0n) is 29.2. The Morgan fingerprint density at radius 3 is 2.31 bits per heavy atom. The topological polar surface area (TPSA) is 380 Å². The van der Waals surface area contributed by atoms with Gasteiger partial charge in [-0.05, 0) is 47.5 Å². The molecule has 1 aromatic rings. The molecule has 0 bridgehead atoms. The summed E-state index contributed by atoms with van der Waals surface area (Å²) in [5.41, 5.74) is 37.1. The van der Waals surface area contributed by atoms with Gasteiger partial charge in [-0.1, -0.05) is 62.9 Å². The number of hydrogen-bond acceptors (Lipinski definition) is 15. The molecular formula is C30H40N14O11. The minimum atomic E-state index is -1.86. The number of alkyl carbamates (subject to hydrolysis) is 1. The van der Waals surface area contributed by atoms with Crippen LogP contribution in [0, 0.1) is 0 Å². The van der Waals surface area contributed by atoms with E-state index in [0.29, 0.717) is 0 Å². The van der Waals surface area contributed by atoms with Crippen molar-refractivity contribution in [2.24, 2.45) is 20.5 Å². The quantitative estimate of drug-likeness (QED) is 0.0608. The second-order valence-electron chi connectivity index (χ2n) is 12.5. The van der Waals surface area contributed by atoms with Gasteiger partial charge in [0.2, 0.25) is 5.91 Å². The molecule has 7 unspecified atom stereocenters. The smallest absolute Gasteiger partial charge is 0.407 e. The van der Waals surface area contributed by atoms with Gasteiger partial charge in [0.15, 0.2) is 12.6 Å². The van der Waals surface area contributed by atoms with Crippen molar-refractivity contribution in [3.63, 3.8) is 0 Å². The zero-order chi connectivity index (χ0) is 39.9. The van der Waals surface area contributed by atoms with E-state index in [-0.39, 0.29) is 32.5 Å². The third-order valence-corrected chi connectivity index (χ3v) is 8.87. The first-order valence-electron chi connectivity index (χ1n) is 16.9. The molecule has 1 saturated carbocycles. The standard InChI is InChI=1S/C30H40N14O11/c1-14-21(40-44-34)23(47)24(48)29(52-14)55-26-22(46)18(37-27(49)20(45)9-10-35-30(50)51-13-15-5-3-2-4-6-15)11-19(39-43-33)25(26)54-28-17(38-42-32)8-7-16(53-28)12-36-41-31/h2-8,14,16-26,28-29,45-48H,9-13H2,1H3,(H,35,50)(H,37,49)/t14?,16?,17?,18-,19?,20+,21+,22?,23+,24?,25?,26-,28+,29+/m1/s1. The van der Waals surface area contributed by atoms with E-state index >= 15 is 0 Å². The Kier molecular flexibility index (Phi) is 16.1. The number of nitrogens with zero attached hydrogens (tertiary/aromatic N) is 12. The third kappa shape index (κ3) is 11.6. The van der Waals surface area contributed by atoms with E-state index in [1.165, 1.54) is 19.1 Å². The Bertz CT molecular complexity index is 1690. The van der Waals surface area contributed by atoms with Gasteiger partial charge in [0.25, 0.3) is 0 Å². The number of benzene rings is 1. The molecule has 25 nitrogen and oxygen atoms in total. The van der Waals surface area contributed by atoms with E-state index in [1.54, 1.807) is 30.3 Å². The molecule has 2 aliphatic heterocycles. The minimum absolute atomic E-state index is 0.00313. The van der Waals surface area contributed by atoms with E-state index in [1.807, 2.05) is 0 Å². The average molecular weight is 773 g/mol. The highest BCUT2D eigenvalue weighted by atomic mass is 16.7. The van der Waals surface area contributed by atoms with Crippen LogP contribution in [0.4, 0.5) is 4.79 Å². The number of carbonyl (C=O) groups is 2. The fourth-order valence-electron chi connectivity index (χ4n) is 6.09. The number of carbonyl (C=O) groups excluding carboxylic acids is 2. The number of hydrogen-bond donors (Lipinski definition) is 6. The van der Waals surface area contributed by atoms with E-state index in [9.17, 15) is 41.1 Å². The molecule has 0 radical (unpaired) electrons. The van der Waals surface area contributed by atoms with Crippen LogP contribution in [0.15, 0.2) is 62.9 Å². The van der Waals surface area contributed by atoms with Gasteiger partial charge in [0.1, 0.15) is 37.1 Å². The van der Waals surface area contributed by atoms with E-state index in [0.717, 1.165) is 5.56 Å². The van der Waals surface area contributed by atoms with Crippen LogP contribution >= 0.6 is 0 Å². The summed E-state index contributed by atoms with van der Waals surface area (Å²) in [6.45, 7) is 1.07. The van der Waals surface area contributed by atoms with Crippen molar-refractivity contribution in [3.05, 3.63) is 89.8 Å². The number of nitrogens with one attached hydrogen (secondary N) is 2. The van der Waals surface area contributed by atoms with Gasteiger partial charge < -0.3 is 54.7 Å². The van der Waals surface area contributed by atoms with Crippen molar-refractivity contribution >= 4 is 12.0 Å². The molecule has 6 N–H and O–H groups in total. The Hall–Kier alpha value is -5.38. The van der Waals surface area contributed by atoms with Crippen molar-refractivity contribution in [3.8, 4) is 0 Å². The van der Waals surface area contributed by atoms with E-state index in [2.05, 4.69) is 50.7 Å². The van der Waals surface area contributed by atoms with Gasteiger partial charge in [-0.2, -0.15) is 0 Å². The van der Waals surface area contributed by atoms with Crippen molar-refractivity contribution < 1.29 is 53.7 Å². The largest absolute Gasteiger partial charge is 0.445 e. The fourth-order valence-corrected chi connectivity index (χ4v) is 6.09. The van der Waals surface area contributed by atoms with Crippen LogP contribution in [0.25, 0.3) is 41.8 Å². The summed E-state index contributed by atoms with van der Waals surface area (Å²) in [6, 6.07) is 3.92. The minimum Gasteiger partial charge on any atom is -0.445 e. The molecule has 1 aromatic carbocycles.